The summed E-state index contributed by atoms with van der Waals surface area (Å²) in [5.41, 5.74) is -0.205. The summed E-state index contributed by atoms with van der Waals surface area (Å²) in [6, 6.07) is 8.58. The maximum atomic E-state index is 13.3. The first-order valence-electron chi connectivity index (χ1n) is 8.40. The Morgan fingerprint density at radius 1 is 1.18 bits per heavy atom. The summed E-state index contributed by atoms with van der Waals surface area (Å²) in [4.78, 5) is 13.3. The van der Waals surface area contributed by atoms with Gasteiger partial charge in [-0.1, -0.05) is 44.5 Å². The maximum Gasteiger partial charge on any atom is 0.412 e. The van der Waals surface area contributed by atoms with Crippen LogP contribution in [0.25, 0.3) is 0 Å². The van der Waals surface area contributed by atoms with Crippen molar-refractivity contribution < 1.29 is 23.4 Å². The second-order valence-corrected chi connectivity index (χ2v) is 8.56. The number of methoxy groups -OCH3 is 1. The summed E-state index contributed by atoms with van der Waals surface area (Å²) in [5.74, 6) is 0.624. The minimum absolute atomic E-state index is 0.00501. The molecule has 2 aromatic rings. The van der Waals surface area contributed by atoms with Crippen LogP contribution in [0.1, 0.15) is 44.4 Å². The topological polar surface area (TPSA) is 49.8 Å². The molecule has 0 aromatic heterocycles. The van der Waals surface area contributed by atoms with Crippen molar-refractivity contribution in [3.63, 3.8) is 0 Å². The zero-order valence-corrected chi connectivity index (χ0v) is 18.2. The van der Waals surface area contributed by atoms with Gasteiger partial charge in [0.25, 0.3) is 6.43 Å². The van der Waals surface area contributed by atoms with Crippen molar-refractivity contribution in [1.82, 2.24) is 0 Å². The molecule has 0 spiro atoms. The summed E-state index contributed by atoms with van der Waals surface area (Å²) >= 11 is 9.48. The first-order chi connectivity index (χ1) is 13.0. The number of hydrogen-bond acceptors (Lipinski definition) is 2. The molecule has 0 heterocycles. The van der Waals surface area contributed by atoms with E-state index in [1.807, 2.05) is 20.8 Å². The van der Waals surface area contributed by atoms with E-state index < -0.39 is 24.0 Å². The summed E-state index contributed by atoms with van der Waals surface area (Å²) in [6.45, 7) is 5.62. The molecule has 0 fully saturated rings. The Kier molecular flexibility index (Phi) is 6.93. The fourth-order valence-electron chi connectivity index (χ4n) is 3.07. The van der Waals surface area contributed by atoms with E-state index in [-0.39, 0.29) is 20.7 Å². The summed E-state index contributed by atoms with van der Waals surface area (Å²) in [7, 11) is 1.53. The Labute approximate surface area is 176 Å². The van der Waals surface area contributed by atoms with Gasteiger partial charge in [-0.05, 0) is 51.2 Å². The largest absolute Gasteiger partial charge is 0.497 e. The summed E-state index contributed by atoms with van der Waals surface area (Å²) < 4.78 is 32.0. The van der Waals surface area contributed by atoms with Crippen LogP contribution in [-0.4, -0.2) is 18.3 Å². The normalized spacial score (nSPS) is 12.8. The molecule has 1 unspecified atom stereocenters. The molecule has 2 rings (SSSR count). The van der Waals surface area contributed by atoms with Crippen LogP contribution in [-0.2, 0) is 0 Å². The van der Waals surface area contributed by atoms with Gasteiger partial charge in [0, 0.05) is 10.0 Å². The predicted molar refractivity (Wildman–Crippen MR) is 110 cm³/mol. The van der Waals surface area contributed by atoms with Crippen LogP contribution < -0.4 is 9.64 Å². The fraction of sp³-hybridized carbons (Fsp3) is 0.350. The molecule has 0 aliphatic heterocycles. The highest BCUT2D eigenvalue weighted by Crippen LogP contribution is 2.45. The van der Waals surface area contributed by atoms with E-state index in [2.05, 4.69) is 15.9 Å². The van der Waals surface area contributed by atoms with E-state index in [1.54, 1.807) is 24.3 Å². The number of alkyl halides is 2. The molecular weight excluding hydrogens is 456 g/mol. The van der Waals surface area contributed by atoms with Crippen molar-refractivity contribution in [2.75, 3.05) is 12.0 Å². The highest BCUT2D eigenvalue weighted by Gasteiger charge is 2.37. The summed E-state index contributed by atoms with van der Waals surface area (Å²) in [6.07, 6.45) is -4.06. The average Bonchev–Trinajstić information content (AvgIpc) is 2.61. The molecule has 0 aliphatic rings. The minimum Gasteiger partial charge on any atom is -0.497 e. The van der Waals surface area contributed by atoms with E-state index >= 15 is 0 Å². The first kappa shape index (κ1) is 22.4. The Balaban J connectivity index is 2.71. The molecule has 2 aromatic carbocycles. The van der Waals surface area contributed by atoms with Gasteiger partial charge in [0.05, 0.1) is 23.9 Å². The van der Waals surface area contributed by atoms with Gasteiger partial charge >= 0.3 is 6.09 Å². The van der Waals surface area contributed by atoms with Gasteiger partial charge in [-0.25, -0.2) is 13.6 Å². The van der Waals surface area contributed by atoms with Crippen molar-refractivity contribution in [2.45, 2.75) is 33.2 Å². The molecule has 4 nitrogen and oxygen atoms in total. The molecule has 1 N–H and O–H groups in total. The average molecular weight is 477 g/mol. The summed E-state index contributed by atoms with van der Waals surface area (Å²) in [5, 5.41) is 10.1. The standard InChI is InChI=1S/C20H21BrClF2NO3/c1-20(2,3)17(11-5-7-13(28-4)8-6-11)25(19(26)27)15-10-12(18(23)24)9-14(21)16(15)22/h5-10,17-18H,1-4H3,(H,26,27). The molecule has 0 saturated heterocycles. The molecule has 0 bridgehead atoms. The fourth-order valence-corrected chi connectivity index (χ4v) is 3.74. The van der Waals surface area contributed by atoms with Crippen molar-refractivity contribution in [1.29, 1.82) is 0 Å². The van der Waals surface area contributed by atoms with Crippen molar-refractivity contribution in [3.8, 4) is 5.75 Å². The number of benzene rings is 2. The smallest absolute Gasteiger partial charge is 0.412 e. The number of carboxylic acid groups (broad SMARTS) is 1. The lowest BCUT2D eigenvalue weighted by molar-refractivity contribution is 0.151. The second kappa shape index (κ2) is 8.66. The zero-order chi connectivity index (χ0) is 21.2. The lowest BCUT2D eigenvalue weighted by atomic mass is 9.81. The number of carbonyl (C=O) groups is 1. The van der Waals surface area contributed by atoms with Gasteiger partial charge < -0.3 is 9.84 Å². The van der Waals surface area contributed by atoms with E-state index in [9.17, 15) is 18.7 Å². The van der Waals surface area contributed by atoms with Gasteiger partial charge in [-0.15, -0.1) is 0 Å². The first-order valence-corrected chi connectivity index (χ1v) is 9.57. The monoisotopic (exact) mass is 475 g/mol. The van der Waals surface area contributed by atoms with Gasteiger partial charge in [0.2, 0.25) is 0 Å². The highest BCUT2D eigenvalue weighted by atomic mass is 79.9. The second-order valence-electron chi connectivity index (χ2n) is 7.33. The van der Waals surface area contributed by atoms with Crippen LogP contribution in [0.3, 0.4) is 0 Å². The van der Waals surface area contributed by atoms with Gasteiger partial charge in [-0.2, -0.15) is 0 Å². The molecule has 0 saturated carbocycles. The Morgan fingerprint density at radius 3 is 2.18 bits per heavy atom. The number of rotatable bonds is 5. The number of hydrogen-bond donors (Lipinski definition) is 1. The maximum absolute atomic E-state index is 13.3. The van der Waals surface area contributed by atoms with Crippen LogP contribution >= 0.6 is 27.5 Å². The molecule has 0 radical (unpaired) electrons. The Bertz CT molecular complexity index is 854. The molecular formula is C20H21BrClF2NO3. The third-order valence-electron chi connectivity index (χ3n) is 4.26. The van der Waals surface area contributed by atoms with E-state index in [1.165, 1.54) is 13.2 Å². The number of nitrogens with zero attached hydrogens (tertiary/aromatic N) is 1. The molecule has 1 amide bonds. The van der Waals surface area contributed by atoms with E-state index in [4.69, 9.17) is 16.3 Å². The Hall–Kier alpha value is -1.86. The Morgan fingerprint density at radius 2 is 1.75 bits per heavy atom. The number of ether oxygens (including phenoxy) is 1. The zero-order valence-electron chi connectivity index (χ0n) is 15.8. The molecule has 8 heteroatoms. The van der Waals surface area contributed by atoms with Crippen LogP contribution in [0, 0.1) is 5.41 Å². The molecule has 0 aliphatic carbocycles. The number of amides is 1. The van der Waals surface area contributed by atoms with Crippen LogP contribution in [0.4, 0.5) is 19.3 Å². The third kappa shape index (κ3) is 4.75. The quantitative estimate of drug-likeness (QED) is 0.492. The lowest BCUT2D eigenvalue weighted by Gasteiger charge is -2.39. The molecule has 28 heavy (non-hydrogen) atoms. The third-order valence-corrected chi connectivity index (χ3v) is 5.51. The number of anilines is 1. The highest BCUT2D eigenvalue weighted by molar-refractivity contribution is 9.10. The van der Waals surface area contributed by atoms with Crippen molar-refractivity contribution >= 4 is 39.3 Å². The van der Waals surface area contributed by atoms with Crippen LogP contribution in [0.15, 0.2) is 40.9 Å². The minimum atomic E-state index is -2.77. The van der Waals surface area contributed by atoms with Gasteiger partial charge in [0.15, 0.2) is 0 Å². The molecule has 152 valence electrons. The predicted octanol–water partition coefficient (Wildman–Crippen LogP) is 7.32. The number of halogens is 4. The van der Waals surface area contributed by atoms with Crippen molar-refractivity contribution in [3.05, 3.63) is 57.0 Å². The van der Waals surface area contributed by atoms with Gasteiger partial charge in [-0.3, -0.25) is 4.90 Å². The molecule has 1 atom stereocenters. The van der Waals surface area contributed by atoms with E-state index in [0.717, 1.165) is 11.0 Å². The van der Waals surface area contributed by atoms with E-state index in [0.29, 0.717) is 11.3 Å². The van der Waals surface area contributed by atoms with Crippen LogP contribution in [0.2, 0.25) is 5.02 Å². The lowest BCUT2D eigenvalue weighted by Crippen LogP contribution is -2.41. The van der Waals surface area contributed by atoms with Crippen molar-refractivity contribution in [2.24, 2.45) is 5.41 Å². The van der Waals surface area contributed by atoms with Gasteiger partial charge in [0.1, 0.15) is 5.75 Å². The SMILES string of the molecule is COc1ccc(C(N(C(=O)O)c2cc(C(F)F)cc(Br)c2Cl)C(C)(C)C)cc1. The van der Waals surface area contributed by atoms with Crippen LogP contribution in [0.5, 0.6) is 5.75 Å².